The van der Waals surface area contributed by atoms with E-state index in [1.165, 1.54) is 13.4 Å². The standard InChI is InChI=1S/C29H42N7O7P/c1-19(2)42-28(37)21(4)34-44(39,18-41-20(3)15-36-17-33-25-26(30)31-16-32-27(25)36)43-23-10-8-22(9-11-23)14-24(29(38)40-5)35-12-6-7-13-35/h8-11,16-17,19-21,24H,6-7,12-15,18H2,1-5H3,(H,34,39)(H2,30,31,32)/t20-,21+,24+,44-/m1/s1. The van der Waals surface area contributed by atoms with Gasteiger partial charge in [0.25, 0.3) is 0 Å². The van der Waals surface area contributed by atoms with Crippen molar-refractivity contribution < 1.29 is 32.9 Å². The minimum Gasteiger partial charge on any atom is -0.468 e. The number of esters is 2. The molecule has 1 aliphatic rings. The summed E-state index contributed by atoms with van der Waals surface area (Å²) in [6.45, 7) is 8.88. The fraction of sp³-hybridized carbons (Fsp3) is 0.552. The zero-order valence-corrected chi connectivity index (χ0v) is 26.7. The van der Waals surface area contributed by atoms with E-state index in [9.17, 15) is 14.2 Å². The minimum atomic E-state index is -3.80. The van der Waals surface area contributed by atoms with Crippen LogP contribution in [0.25, 0.3) is 11.2 Å². The number of methoxy groups -OCH3 is 1. The third kappa shape index (κ3) is 8.75. The average Bonchev–Trinajstić information content (AvgIpc) is 3.66. The number of anilines is 1. The lowest BCUT2D eigenvalue weighted by Gasteiger charge is -2.26. The van der Waals surface area contributed by atoms with Crippen molar-refractivity contribution in [1.29, 1.82) is 0 Å². The highest BCUT2D eigenvalue weighted by atomic mass is 31.2. The molecule has 0 radical (unpaired) electrons. The Kier molecular flexibility index (Phi) is 11.3. The smallest absolute Gasteiger partial charge is 0.342 e. The van der Waals surface area contributed by atoms with Crippen molar-refractivity contribution in [2.75, 3.05) is 32.3 Å². The van der Waals surface area contributed by atoms with Gasteiger partial charge in [-0.2, -0.15) is 0 Å². The number of carbonyl (C=O) groups excluding carboxylic acids is 2. The van der Waals surface area contributed by atoms with E-state index in [0.717, 1.165) is 31.5 Å². The van der Waals surface area contributed by atoms with Gasteiger partial charge in [-0.25, -0.2) is 20.0 Å². The van der Waals surface area contributed by atoms with Gasteiger partial charge in [-0.15, -0.1) is 0 Å². The van der Waals surface area contributed by atoms with Gasteiger partial charge in [0.15, 0.2) is 11.5 Å². The molecule has 240 valence electrons. The fourth-order valence-electron chi connectivity index (χ4n) is 4.99. The number of fused-ring (bicyclic) bond motifs is 1. The van der Waals surface area contributed by atoms with E-state index in [1.54, 1.807) is 43.8 Å². The first-order chi connectivity index (χ1) is 21.0. The first-order valence-corrected chi connectivity index (χ1v) is 16.5. The van der Waals surface area contributed by atoms with E-state index in [4.69, 9.17) is 24.5 Å². The lowest BCUT2D eigenvalue weighted by molar-refractivity contribution is -0.149. The van der Waals surface area contributed by atoms with Crippen LogP contribution in [-0.2, 0) is 41.3 Å². The number of rotatable bonds is 15. The molecule has 44 heavy (non-hydrogen) atoms. The summed E-state index contributed by atoms with van der Waals surface area (Å²) in [5.74, 6) is -0.248. The molecule has 2 aromatic heterocycles. The molecule has 1 aromatic carbocycles. The maximum Gasteiger partial charge on any atom is 0.342 e. The Balaban J connectivity index is 1.46. The van der Waals surface area contributed by atoms with Crippen LogP contribution in [0.3, 0.4) is 0 Å². The normalized spacial score (nSPS) is 17.2. The lowest BCUT2D eigenvalue weighted by atomic mass is 10.0. The number of imidazole rings is 1. The quantitative estimate of drug-likeness (QED) is 0.185. The van der Waals surface area contributed by atoms with Crippen LogP contribution in [0.5, 0.6) is 5.75 Å². The highest BCUT2D eigenvalue weighted by molar-refractivity contribution is 7.57. The van der Waals surface area contributed by atoms with Gasteiger partial charge >= 0.3 is 19.5 Å². The Labute approximate surface area is 257 Å². The summed E-state index contributed by atoms with van der Waals surface area (Å²) in [6, 6.07) is 5.71. The number of hydrogen-bond acceptors (Lipinski definition) is 12. The summed E-state index contributed by atoms with van der Waals surface area (Å²) in [5.41, 5.74) is 7.82. The van der Waals surface area contributed by atoms with Crippen molar-refractivity contribution in [3.63, 3.8) is 0 Å². The Morgan fingerprint density at radius 1 is 1.05 bits per heavy atom. The van der Waals surface area contributed by atoms with Crippen LogP contribution in [0, 0.1) is 0 Å². The second-order valence-electron chi connectivity index (χ2n) is 11.2. The van der Waals surface area contributed by atoms with Crippen LogP contribution in [0.2, 0.25) is 0 Å². The van der Waals surface area contributed by atoms with Crippen LogP contribution < -0.4 is 15.3 Å². The molecule has 15 heteroatoms. The van der Waals surface area contributed by atoms with Crippen LogP contribution in [0.15, 0.2) is 36.9 Å². The molecular weight excluding hydrogens is 589 g/mol. The number of hydrogen-bond donors (Lipinski definition) is 2. The number of benzene rings is 1. The summed E-state index contributed by atoms with van der Waals surface area (Å²) in [7, 11) is -2.40. The van der Waals surface area contributed by atoms with Crippen molar-refractivity contribution >= 4 is 36.4 Å². The van der Waals surface area contributed by atoms with Gasteiger partial charge in [0.05, 0.1) is 32.2 Å². The van der Waals surface area contributed by atoms with Crippen molar-refractivity contribution in [3.05, 3.63) is 42.5 Å². The van der Waals surface area contributed by atoms with E-state index >= 15 is 0 Å². The molecule has 0 unspecified atom stereocenters. The zero-order valence-electron chi connectivity index (χ0n) is 25.8. The number of nitrogens with two attached hydrogens (primary N) is 1. The van der Waals surface area contributed by atoms with Crippen LogP contribution in [-0.4, -0.2) is 87.2 Å². The monoisotopic (exact) mass is 631 g/mol. The first kappa shape index (κ1) is 33.3. The van der Waals surface area contributed by atoms with Gasteiger partial charge in [-0.1, -0.05) is 12.1 Å². The van der Waals surface area contributed by atoms with E-state index in [2.05, 4.69) is 24.9 Å². The summed E-state index contributed by atoms with van der Waals surface area (Å²) in [6.07, 6.45) is 4.40. The van der Waals surface area contributed by atoms with Gasteiger partial charge in [0.2, 0.25) is 0 Å². The Bertz CT molecular complexity index is 1460. The van der Waals surface area contributed by atoms with E-state index < -0.39 is 25.6 Å². The fourth-order valence-corrected chi connectivity index (χ4v) is 6.78. The van der Waals surface area contributed by atoms with Crippen LogP contribution in [0.4, 0.5) is 5.82 Å². The number of nitrogens with zero attached hydrogens (tertiary/aromatic N) is 5. The number of ether oxygens (including phenoxy) is 3. The van der Waals surface area contributed by atoms with Gasteiger partial charge in [0, 0.05) is 0 Å². The molecule has 0 bridgehead atoms. The van der Waals surface area contributed by atoms with E-state index in [1.807, 2.05) is 19.1 Å². The number of nitrogens with one attached hydrogen (secondary N) is 1. The largest absolute Gasteiger partial charge is 0.468 e. The van der Waals surface area contributed by atoms with E-state index in [0.29, 0.717) is 29.9 Å². The van der Waals surface area contributed by atoms with Gasteiger partial charge in [-0.05, 0) is 77.7 Å². The second-order valence-corrected chi connectivity index (χ2v) is 13.2. The Morgan fingerprint density at radius 2 is 1.75 bits per heavy atom. The molecule has 1 aliphatic heterocycles. The summed E-state index contributed by atoms with van der Waals surface area (Å²) in [5, 5.41) is 2.81. The van der Waals surface area contributed by atoms with Crippen LogP contribution >= 0.6 is 7.52 Å². The lowest BCUT2D eigenvalue weighted by Crippen LogP contribution is -2.41. The summed E-state index contributed by atoms with van der Waals surface area (Å²) < 4.78 is 38.2. The average molecular weight is 632 g/mol. The number of carbonyl (C=O) groups is 2. The predicted molar refractivity (Wildman–Crippen MR) is 164 cm³/mol. The molecule has 4 rings (SSSR count). The number of likely N-dealkylation sites (tertiary alicyclic amines) is 1. The van der Waals surface area contributed by atoms with Crippen molar-refractivity contribution in [2.24, 2.45) is 0 Å². The molecular formula is C29H42N7O7P. The molecule has 0 spiro atoms. The molecule has 14 nitrogen and oxygen atoms in total. The summed E-state index contributed by atoms with van der Waals surface area (Å²) >= 11 is 0. The first-order valence-electron chi connectivity index (χ1n) is 14.7. The molecule has 3 N–H and O–H groups in total. The molecule has 1 fully saturated rings. The van der Waals surface area contributed by atoms with Gasteiger partial charge in [-0.3, -0.25) is 19.1 Å². The molecule has 3 heterocycles. The zero-order chi connectivity index (χ0) is 31.9. The van der Waals surface area contributed by atoms with Gasteiger partial charge < -0.3 is 29.0 Å². The number of nitrogen functional groups attached to an aromatic ring is 1. The third-order valence-corrected chi connectivity index (χ3v) is 8.94. The van der Waals surface area contributed by atoms with Crippen molar-refractivity contribution in [2.45, 2.75) is 77.8 Å². The molecule has 1 saturated heterocycles. The maximum atomic E-state index is 14.1. The number of aromatic nitrogens is 4. The predicted octanol–water partition coefficient (Wildman–Crippen LogP) is 3.15. The topological polar surface area (TPSA) is 173 Å². The highest BCUT2D eigenvalue weighted by Gasteiger charge is 2.33. The third-order valence-electron chi connectivity index (χ3n) is 7.17. The molecule has 0 aliphatic carbocycles. The molecule has 3 aromatic rings. The second kappa shape index (κ2) is 14.9. The van der Waals surface area contributed by atoms with Crippen LogP contribution in [0.1, 0.15) is 46.1 Å². The Morgan fingerprint density at radius 3 is 2.41 bits per heavy atom. The highest BCUT2D eigenvalue weighted by Crippen LogP contribution is 2.44. The maximum absolute atomic E-state index is 14.1. The Hall–Kier alpha value is -3.58. The molecule has 0 amide bonds. The van der Waals surface area contributed by atoms with Crippen molar-refractivity contribution in [1.82, 2.24) is 29.5 Å². The molecule has 0 saturated carbocycles. The SMILES string of the molecule is COC(=O)[C@H](Cc1ccc(O[P@](=O)(CO[C@H](C)Cn2cnc3c(N)ncnc32)N[C@@H](C)C(=O)OC(C)C)cc1)N1CCCC1. The molecule has 4 atom stereocenters. The van der Waals surface area contributed by atoms with Crippen molar-refractivity contribution in [3.8, 4) is 5.75 Å². The van der Waals surface area contributed by atoms with E-state index in [-0.39, 0.29) is 30.3 Å². The van der Waals surface area contributed by atoms with Gasteiger partial charge in [0.1, 0.15) is 36.0 Å². The summed E-state index contributed by atoms with van der Waals surface area (Å²) in [4.78, 5) is 39.6. The minimum absolute atomic E-state index is 0.269.